The number of nitrogens with one attached hydrogen (secondary N) is 1. The van der Waals surface area contributed by atoms with Crippen molar-refractivity contribution >= 4 is 41.0 Å². The molecule has 4 rings (SSSR count). The van der Waals surface area contributed by atoms with Crippen LogP contribution in [-0.4, -0.2) is 65.3 Å². The van der Waals surface area contributed by atoms with Crippen molar-refractivity contribution in [1.82, 2.24) is 10.3 Å². The first kappa shape index (κ1) is 39.2. The Morgan fingerprint density at radius 2 is 1.48 bits per heavy atom. The van der Waals surface area contributed by atoms with E-state index in [9.17, 15) is 33.6 Å². The Hall–Kier alpha value is -5.56. The van der Waals surface area contributed by atoms with Gasteiger partial charge in [0.05, 0.1) is 43.7 Å². The van der Waals surface area contributed by atoms with Crippen LogP contribution in [-0.2, 0) is 62.6 Å². The summed E-state index contributed by atoms with van der Waals surface area (Å²) >= 11 is 0. The first-order chi connectivity index (χ1) is 24.9. The third kappa shape index (κ3) is 10.5. The fraction of sp³-hybridized carbons (Fsp3) is 0.385. The van der Waals surface area contributed by atoms with E-state index in [0.29, 0.717) is 5.56 Å². The zero-order valence-electron chi connectivity index (χ0n) is 29.5. The van der Waals surface area contributed by atoms with Crippen molar-refractivity contribution in [2.75, 3.05) is 7.11 Å². The largest absolute Gasteiger partial charge is 0.493 e. The molecule has 0 unspecified atom stereocenters. The standard InChI is InChI=1S/C39H42N2O11/c1-23(2)39(48)52-37-24(3)34(45)36(47)28(20-30(42)35(46)27(37)19-25-11-7-5-8-12-25)41-21-29-38(31(49-4)17-18-40-29)51-33(44)16-15-32(43)50-22-26-13-9-6-10-14-26/h5-14,17-18,23-24,27-28,37,41H,15-16,19-22H2,1-4H3/t24-,27+,28+,37-/m1/s1. The van der Waals surface area contributed by atoms with E-state index in [1.165, 1.54) is 26.3 Å². The van der Waals surface area contributed by atoms with Gasteiger partial charge in [-0.2, -0.15) is 0 Å². The molecule has 0 aliphatic heterocycles. The van der Waals surface area contributed by atoms with E-state index >= 15 is 0 Å². The monoisotopic (exact) mass is 714 g/mol. The lowest BCUT2D eigenvalue weighted by molar-refractivity contribution is -0.163. The van der Waals surface area contributed by atoms with Crippen molar-refractivity contribution < 1.29 is 52.5 Å². The fourth-order valence-corrected chi connectivity index (χ4v) is 5.59. The van der Waals surface area contributed by atoms with Gasteiger partial charge < -0.3 is 24.3 Å². The van der Waals surface area contributed by atoms with Crippen LogP contribution in [0.3, 0.4) is 0 Å². The Morgan fingerprint density at radius 1 is 0.846 bits per heavy atom. The first-order valence-electron chi connectivity index (χ1n) is 16.9. The number of ketones is 4. The van der Waals surface area contributed by atoms with Crippen LogP contribution in [0.1, 0.15) is 56.9 Å². The highest BCUT2D eigenvalue weighted by atomic mass is 16.6. The minimum absolute atomic E-state index is 0.00142. The molecule has 0 radical (unpaired) electrons. The molecule has 1 aliphatic rings. The predicted octanol–water partition coefficient (Wildman–Crippen LogP) is 3.72. The van der Waals surface area contributed by atoms with Gasteiger partial charge in [0.1, 0.15) is 18.4 Å². The van der Waals surface area contributed by atoms with Crippen LogP contribution < -0.4 is 14.8 Å². The van der Waals surface area contributed by atoms with Gasteiger partial charge >= 0.3 is 17.9 Å². The number of hydrogen-bond acceptors (Lipinski definition) is 13. The fourth-order valence-electron chi connectivity index (χ4n) is 5.59. The SMILES string of the molecule is COc1ccnc(CN[C@H]2CC(=O)C(=O)[C@H](Cc3ccccc3)[C@H](OC(=O)C(C)C)[C@H](C)C(=O)C2=O)c1OC(=O)CCC(=O)OCc1ccccc1. The van der Waals surface area contributed by atoms with Gasteiger partial charge in [0, 0.05) is 25.2 Å². The van der Waals surface area contributed by atoms with E-state index in [4.69, 9.17) is 18.9 Å². The molecule has 4 atom stereocenters. The summed E-state index contributed by atoms with van der Waals surface area (Å²) in [7, 11) is 1.34. The molecule has 52 heavy (non-hydrogen) atoms. The summed E-state index contributed by atoms with van der Waals surface area (Å²) in [5.41, 5.74) is 1.55. The highest BCUT2D eigenvalue weighted by molar-refractivity contribution is 6.44. The van der Waals surface area contributed by atoms with E-state index in [2.05, 4.69) is 10.3 Å². The van der Waals surface area contributed by atoms with Crippen molar-refractivity contribution in [2.45, 2.75) is 71.8 Å². The molecule has 3 aromatic rings. The second-order valence-electron chi connectivity index (χ2n) is 12.7. The maximum Gasteiger partial charge on any atom is 0.311 e. The van der Waals surface area contributed by atoms with Crippen LogP contribution in [0.15, 0.2) is 72.9 Å². The van der Waals surface area contributed by atoms with Gasteiger partial charge in [-0.1, -0.05) is 81.4 Å². The van der Waals surface area contributed by atoms with Gasteiger partial charge in [-0.05, 0) is 17.5 Å². The molecule has 0 amide bonds. The van der Waals surface area contributed by atoms with Gasteiger partial charge in [-0.3, -0.25) is 38.5 Å². The number of aromatic nitrogens is 1. The van der Waals surface area contributed by atoms with E-state index in [1.807, 2.05) is 18.2 Å². The lowest BCUT2D eigenvalue weighted by Gasteiger charge is -2.29. The highest BCUT2D eigenvalue weighted by Gasteiger charge is 2.46. The molecule has 1 N–H and O–H groups in total. The maximum atomic E-state index is 13.8. The number of rotatable bonds is 14. The van der Waals surface area contributed by atoms with Crippen molar-refractivity contribution in [3.05, 3.63) is 89.7 Å². The smallest absolute Gasteiger partial charge is 0.311 e. The highest BCUT2D eigenvalue weighted by Crippen LogP contribution is 2.31. The van der Waals surface area contributed by atoms with E-state index in [-0.39, 0.29) is 49.6 Å². The van der Waals surface area contributed by atoms with Gasteiger partial charge in [-0.15, -0.1) is 0 Å². The molecule has 1 heterocycles. The molecular formula is C39H42N2O11. The van der Waals surface area contributed by atoms with E-state index in [1.54, 1.807) is 56.3 Å². The van der Waals surface area contributed by atoms with Crippen molar-refractivity contribution in [1.29, 1.82) is 0 Å². The average Bonchev–Trinajstić information content (AvgIpc) is 3.17. The zero-order valence-corrected chi connectivity index (χ0v) is 29.5. The molecule has 1 saturated carbocycles. The molecule has 2 aromatic carbocycles. The molecule has 1 aromatic heterocycles. The first-order valence-corrected chi connectivity index (χ1v) is 16.9. The average molecular weight is 715 g/mol. The molecule has 13 heteroatoms. The Kier molecular flexibility index (Phi) is 14.0. The Morgan fingerprint density at radius 3 is 2.12 bits per heavy atom. The Balaban J connectivity index is 1.50. The summed E-state index contributed by atoms with van der Waals surface area (Å²) in [6.45, 7) is 4.34. The van der Waals surface area contributed by atoms with Crippen molar-refractivity contribution in [3.8, 4) is 11.5 Å². The summed E-state index contributed by atoms with van der Waals surface area (Å²) in [5.74, 6) is -8.87. The summed E-state index contributed by atoms with van der Waals surface area (Å²) < 4.78 is 21.8. The third-order valence-electron chi connectivity index (χ3n) is 8.56. The Labute approximate surface area is 301 Å². The molecule has 0 saturated heterocycles. The number of hydrogen-bond donors (Lipinski definition) is 1. The number of carbonyl (C=O) groups excluding carboxylic acids is 7. The van der Waals surface area contributed by atoms with Gasteiger partial charge in [0.25, 0.3) is 0 Å². The normalized spacial score (nSPS) is 19.3. The number of nitrogens with zero attached hydrogens (tertiary/aromatic N) is 1. The molecule has 274 valence electrons. The minimum atomic E-state index is -1.46. The molecule has 1 fully saturated rings. The van der Waals surface area contributed by atoms with Gasteiger partial charge in [0.2, 0.25) is 23.1 Å². The summed E-state index contributed by atoms with van der Waals surface area (Å²) in [5, 5.41) is 2.84. The molecule has 1 aliphatic carbocycles. The second kappa shape index (κ2) is 18.6. The minimum Gasteiger partial charge on any atom is -0.493 e. The molecule has 13 nitrogen and oxygen atoms in total. The third-order valence-corrected chi connectivity index (χ3v) is 8.56. The van der Waals surface area contributed by atoms with Crippen LogP contribution in [0, 0.1) is 17.8 Å². The second-order valence-corrected chi connectivity index (χ2v) is 12.7. The van der Waals surface area contributed by atoms with Crippen molar-refractivity contribution in [3.63, 3.8) is 0 Å². The topological polar surface area (TPSA) is 181 Å². The lowest BCUT2D eigenvalue weighted by Crippen LogP contribution is -2.46. The molecular weight excluding hydrogens is 672 g/mol. The van der Waals surface area contributed by atoms with Crippen LogP contribution in [0.4, 0.5) is 0 Å². The number of benzene rings is 2. The number of methoxy groups -OCH3 is 1. The zero-order chi connectivity index (χ0) is 37.8. The summed E-state index contributed by atoms with van der Waals surface area (Å²) in [6, 6.07) is 17.8. The number of ether oxygens (including phenoxy) is 4. The van der Waals surface area contributed by atoms with E-state index in [0.717, 1.165) is 5.56 Å². The maximum absolute atomic E-state index is 13.8. The summed E-state index contributed by atoms with van der Waals surface area (Å²) in [6.07, 6.45) is -1.25. The predicted molar refractivity (Wildman–Crippen MR) is 185 cm³/mol. The van der Waals surface area contributed by atoms with Crippen LogP contribution in [0.25, 0.3) is 0 Å². The van der Waals surface area contributed by atoms with Gasteiger partial charge in [0.15, 0.2) is 11.5 Å². The van der Waals surface area contributed by atoms with Gasteiger partial charge in [-0.25, -0.2) is 0 Å². The van der Waals surface area contributed by atoms with E-state index < -0.39 is 77.4 Å². The molecule has 0 bridgehead atoms. The quantitative estimate of drug-likeness (QED) is 0.189. The van der Waals surface area contributed by atoms with Crippen LogP contribution in [0.2, 0.25) is 0 Å². The number of esters is 3. The lowest BCUT2D eigenvalue weighted by atomic mass is 9.81. The number of pyridine rings is 1. The van der Waals surface area contributed by atoms with Crippen LogP contribution in [0.5, 0.6) is 11.5 Å². The Bertz CT molecular complexity index is 1780. The van der Waals surface area contributed by atoms with Crippen molar-refractivity contribution in [2.24, 2.45) is 17.8 Å². The number of Topliss-reactive ketones (excluding diaryl/α,β-unsaturated/α-hetero) is 4. The van der Waals surface area contributed by atoms with Crippen LogP contribution >= 0.6 is 0 Å². The molecule has 0 spiro atoms. The summed E-state index contributed by atoms with van der Waals surface area (Å²) in [4.78, 5) is 96.6. The number of carbonyl (C=O) groups is 7.